The third-order valence-corrected chi connectivity index (χ3v) is 9.91. The minimum Gasteiger partial charge on any atom is -0.309 e. The summed E-state index contributed by atoms with van der Waals surface area (Å²) >= 11 is 0. The number of para-hydroxylation sites is 4. The van der Waals surface area contributed by atoms with Crippen LogP contribution in [0.3, 0.4) is 0 Å². The molecule has 4 heteroatoms. The summed E-state index contributed by atoms with van der Waals surface area (Å²) in [6.45, 7) is 0. The molecule has 6 aromatic carbocycles. The van der Waals surface area contributed by atoms with Crippen LogP contribution in [0.1, 0.15) is 12.1 Å². The standard InChI is InChI=1S/C47H32N4/c1-2-5-17-32(16-4-1)41-31-42(33-18-6-3-7-19-33)49-47(48-41)34-28-35(50-43-24-12-8-20-37(43)38-21-9-13-25-44(38)50)30-36(29-34)51-45-26-14-10-22-39(45)40-23-11-15-27-46(40)51/h1,3-31H,2H2. The molecule has 0 spiro atoms. The zero-order valence-corrected chi connectivity index (χ0v) is 27.8. The molecule has 3 aromatic heterocycles. The fourth-order valence-corrected chi connectivity index (χ4v) is 7.62. The van der Waals surface area contributed by atoms with Gasteiger partial charge in [-0.15, -0.1) is 0 Å². The van der Waals surface area contributed by atoms with E-state index in [-0.39, 0.29) is 0 Å². The summed E-state index contributed by atoms with van der Waals surface area (Å²) in [6, 6.07) is 54.0. The van der Waals surface area contributed by atoms with Gasteiger partial charge >= 0.3 is 0 Å². The van der Waals surface area contributed by atoms with Crippen LogP contribution in [0.25, 0.3) is 83.2 Å². The molecular formula is C47H32N4. The van der Waals surface area contributed by atoms with Gasteiger partial charge in [0.1, 0.15) is 0 Å². The van der Waals surface area contributed by atoms with E-state index in [1.807, 2.05) is 6.07 Å². The van der Waals surface area contributed by atoms with Crippen molar-refractivity contribution < 1.29 is 0 Å². The highest BCUT2D eigenvalue weighted by Gasteiger charge is 2.19. The third-order valence-electron chi connectivity index (χ3n) is 9.91. The SMILES string of the molecule is C1=CCC=CC(c2cc(-c3ccccc3)nc(-c3cc(-n4c5ccccc5c5ccccc54)cc(-n4c5ccccc5c5ccccc54)c3)n2)=C1. The minimum atomic E-state index is 0.679. The molecule has 3 heterocycles. The van der Waals surface area contributed by atoms with Crippen LogP contribution in [-0.4, -0.2) is 19.1 Å². The third kappa shape index (κ3) is 4.92. The van der Waals surface area contributed by atoms with Crippen LogP contribution in [0.2, 0.25) is 0 Å². The number of fused-ring (bicyclic) bond motifs is 6. The molecule has 0 N–H and O–H groups in total. The van der Waals surface area contributed by atoms with Crippen LogP contribution in [0.15, 0.2) is 182 Å². The van der Waals surface area contributed by atoms with Crippen LogP contribution in [0, 0.1) is 0 Å². The Bertz CT molecular complexity index is 2640. The molecule has 0 bridgehead atoms. The number of aromatic nitrogens is 4. The predicted molar refractivity (Wildman–Crippen MR) is 212 cm³/mol. The zero-order chi connectivity index (χ0) is 33.7. The van der Waals surface area contributed by atoms with Gasteiger partial charge < -0.3 is 9.13 Å². The molecule has 0 radical (unpaired) electrons. The average molecular weight is 653 g/mol. The second-order valence-corrected chi connectivity index (χ2v) is 13.0. The summed E-state index contributed by atoms with van der Waals surface area (Å²) in [5.74, 6) is 0.679. The second-order valence-electron chi connectivity index (χ2n) is 13.0. The first-order valence-corrected chi connectivity index (χ1v) is 17.4. The lowest BCUT2D eigenvalue weighted by Crippen LogP contribution is -2.02. The van der Waals surface area contributed by atoms with E-state index in [0.717, 1.165) is 68.0 Å². The zero-order valence-electron chi connectivity index (χ0n) is 27.8. The molecule has 4 nitrogen and oxygen atoms in total. The molecule has 10 rings (SSSR count). The number of hydrogen-bond donors (Lipinski definition) is 0. The van der Waals surface area contributed by atoms with Gasteiger partial charge in [0.15, 0.2) is 5.82 Å². The summed E-state index contributed by atoms with van der Waals surface area (Å²) in [4.78, 5) is 10.6. The van der Waals surface area contributed by atoms with Gasteiger partial charge in [0.2, 0.25) is 0 Å². The number of hydrogen-bond acceptors (Lipinski definition) is 2. The molecule has 1 aliphatic carbocycles. The summed E-state index contributed by atoms with van der Waals surface area (Å²) < 4.78 is 4.77. The molecule has 51 heavy (non-hydrogen) atoms. The fraction of sp³-hybridized carbons (Fsp3) is 0.0213. The first-order valence-electron chi connectivity index (χ1n) is 17.4. The molecule has 1 aliphatic rings. The Balaban J connectivity index is 1.30. The van der Waals surface area contributed by atoms with Gasteiger partial charge in [-0.05, 0) is 60.5 Å². The van der Waals surface area contributed by atoms with Crippen molar-refractivity contribution >= 4 is 49.2 Å². The smallest absolute Gasteiger partial charge is 0.160 e. The van der Waals surface area contributed by atoms with Crippen molar-refractivity contribution in [3.8, 4) is 34.0 Å². The van der Waals surface area contributed by atoms with E-state index in [9.17, 15) is 0 Å². The van der Waals surface area contributed by atoms with Crippen molar-refractivity contribution in [2.45, 2.75) is 6.42 Å². The Hall–Kier alpha value is -6.78. The quantitative estimate of drug-likeness (QED) is 0.185. The Kier molecular flexibility index (Phi) is 6.85. The number of rotatable bonds is 5. The van der Waals surface area contributed by atoms with Crippen molar-refractivity contribution in [1.82, 2.24) is 19.1 Å². The Labute approximate surface area is 295 Å². The topological polar surface area (TPSA) is 35.6 Å². The van der Waals surface area contributed by atoms with Crippen molar-refractivity contribution in [3.63, 3.8) is 0 Å². The average Bonchev–Trinajstić information content (AvgIpc) is 3.56. The number of nitrogens with zero attached hydrogens (tertiary/aromatic N) is 4. The lowest BCUT2D eigenvalue weighted by atomic mass is 10.1. The number of allylic oxidation sites excluding steroid dienone is 6. The monoisotopic (exact) mass is 652 g/mol. The van der Waals surface area contributed by atoms with Crippen molar-refractivity contribution in [3.05, 3.63) is 188 Å². The largest absolute Gasteiger partial charge is 0.309 e. The van der Waals surface area contributed by atoms with Crippen molar-refractivity contribution in [2.24, 2.45) is 0 Å². The maximum absolute atomic E-state index is 5.31. The van der Waals surface area contributed by atoms with Gasteiger partial charge in [-0.2, -0.15) is 0 Å². The molecule has 0 fully saturated rings. The van der Waals surface area contributed by atoms with Crippen LogP contribution >= 0.6 is 0 Å². The molecule has 0 unspecified atom stereocenters. The first-order chi connectivity index (χ1) is 25.3. The van der Waals surface area contributed by atoms with E-state index in [0.29, 0.717) is 5.82 Å². The molecule has 0 atom stereocenters. The Morgan fingerprint density at radius 1 is 0.431 bits per heavy atom. The summed E-state index contributed by atoms with van der Waals surface area (Å²) in [5, 5.41) is 4.90. The van der Waals surface area contributed by atoms with Crippen LogP contribution in [0.4, 0.5) is 0 Å². The molecule has 9 aromatic rings. The van der Waals surface area contributed by atoms with Crippen molar-refractivity contribution in [2.75, 3.05) is 0 Å². The van der Waals surface area contributed by atoms with Crippen molar-refractivity contribution in [1.29, 1.82) is 0 Å². The molecule has 0 amide bonds. The predicted octanol–water partition coefficient (Wildman–Crippen LogP) is 11.9. The maximum Gasteiger partial charge on any atom is 0.160 e. The minimum absolute atomic E-state index is 0.679. The van der Waals surface area contributed by atoms with E-state index < -0.39 is 0 Å². The first kappa shape index (κ1) is 29.2. The molecule has 0 aliphatic heterocycles. The molecule has 240 valence electrons. The molecular weight excluding hydrogens is 621 g/mol. The van der Waals surface area contributed by atoms with Gasteiger partial charge in [-0.3, -0.25) is 0 Å². The highest BCUT2D eigenvalue weighted by molar-refractivity contribution is 6.10. The fourth-order valence-electron chi connectivity index (χ4n) is 7.62. The van der Waals surface area contributed by atoms with E-state index in [1.165, 1.54) is 21.5 Å². The highest BCUT2D eigenvalue weighted by Crippen LogP contribution is 2.38. The van der Waals surface area contributed by atoms with Crippen LogP contribution in [0.5, 0.6) is 0 Å². The summed E-state index contributed by atoms with van der Waals surface area (Å²) in [7, 11) is 0. The van der Waals surface area contributed by atoms with E-state index in [2.05, 4.69) is 185 Å². The van der Waals surface area contributed by atoms with Gasteiger partial charge in [-0.1, -0.05) is 134 Å². The lowest BCUT2D eigenvalue weighted by Gasteiger charge is -2.16. The maximum atomic E-state index is 5.31. The van der Waals surface area contributed by atoms with E-state index in [1.54, 1.807) is 0 Å². The van der Waals surface area contributed by atoms with Gasteiger partial charge in [0.25, 0.3) is 0 Å². The van der Waals surface area contributed by atoms with Crippen LogP contribution < -0.4 is 0 Å². The van der Waals surface area contributed by atoms with E-state index in [4.69, 9.17) is 9.97 Å². The second kappa shape index (κ2) is 12.0. The van der Waals surface area contributed by atoms with Gasteiger partial charge in [0.05, 0.1) is 33.5 Å². The van der Waals surface area contributed by atoms with E-state index >= 15 is 0 Å². The lowest BCUT2D eigenvalue weighted by molar-refractivity contribution is 1.12. The highest BCUT2D eigenvalue weighted by atomic mass is 15.0. The summed E-state index contributed by atoms with van der Waals surface area (Å²) in [6.07, 6.45) is 11.7. The Morgan fingerprint density at radius 3 is 1.47 bits per heavy atom. The van der Waals surface area contributed by atoms with Gasteiger partial charge in [-0.25, -0.2) is 9.97 Å². The molecule has 0 saturated heterocycles. The normalized spacial score (nSPS) is 13.0. The molecule has 0 saturated carbocycles. The van der Waals surface area contributed by atoms with Crippen LogP contribution in [-0.2, 0) is 0 Å². The Morgan fingerprint density at radius 2 is 0.922 bits per heavy atom. The number of benzene rings is 6. The summed E-state index contributed by atoms with van der Waals surface area (Å²) in [5.41, 5.74) is 11.6. The van der Waals surface area contributed by atoms with Gasteiger partial charge in [0, 0.05) is 44.0 Å².